The highest BCUT2D eigenvalue weighted by atomic mass is 32.2. The quantitative estimate of drug-likeness (QED) is 0.273. The van der Waals surface area contributed by atoms with Gasteiger partial charge in [0.05, 0.1) is 17.8 Å². The van der Waals surface area contributed by atoms with Crippen LogP contribution in [0.5, 0.6) is 5.88 Å². The number of sulfonamides is 1. The Morgan fingerprint density at radius 1 is 1.09 bits per heavy atom. The lowest BCUT2D eigenvalue weighted by Crippen LogP contribution is -2.57. The molecule has 4 aliphatic rings. The van der Waals surface area contributed by atoms with Gasteiger partial charge in [0.1, 0.15) is 24.0 Å². The maximum absolute atomic E-state index is 14.0. The van der Waals surface area contributed by atoms with Gasteiger partial charge in [-0.2, -0.15) is 4.98 Å². The largest absolute Gasteiger partial charge is 0.472 e. The molecule has 0 unspecified atom stereocenters. The molecule has 2 aliphatic carbocycles. The molecular weight excluding hydrogens is 610 g/mol. The molecule has 13 nitrogen and oxygen atoms in total. The summed E-state index contributed by atoms with van der Waals surface area (Å²) in [6.07, 6.45) is 11.5. The smallest absolute Gasteiger partial charge is 0.259 e. The minimum Gasteiger partial charge on any atom is -0.472 e. The van der Waals surface area contributed by atoms with E-state index >= 15 is 0 Å². The Bertz CT molecular complexity index is 1850. The Kier molecular flexibility index (Phi) is 7.87. The maximum Gasteiger partial charge on any atom is 0.259 e. The number of hydrogen-bond acceptors (Lipinski definition) is 10. The van der Waals surface area contributed by atoms with Crippen LogP contribution in [0.25, 0.3) is 21.8 Å². The highest BCUT2D eigenvalue weighted by Crippen LogP contribution is 2.46. The van der Waals surface area contributed by atoms with E-state index in [9.17, 15) is 22.8 Å². The van der Waals surface area contributed by atoms with Crippen molar-refractivity contribution in [2.75, 3.05) is 6.54 Å². The predicted molar refractivity (Wildman–Crippen MR) is 169 cm³/mol. The van der Waals surface area contributed by atoms with Crippen LogP contribution in [0, 0.1) is 5.92 Å². The van der Waals surface area contributed by atoms with Crippen molar-refractivity contribution in [1.82, 2.24) is 29.9 Å². The fraction of sp³-hybridized carbons (Fsp3) is 0.500. The molecular formula is C32H37N7O6S. The number of carbonyl (C=O) groups excluding carboxylic acids is 3. The lowest BCUT2D eigenvalue weighted by atomic mass is 10.1. The van der Waals surface area contributed by atoms with Gasteiger partial charge in [-0.1, -0.05) is 43.2 Å². The molecule has 46 heavy (non-hydrogen) atoms. The van der Waals surface area contributed by atoms with E-state index in [1.165, 1.54) is 11.2 Å². The molecule has 3 fully saturated rings. The first-order valence-electron chi connectivity index (χ1n) is 15.9. The number of pyridine rings is 1. The van der Waals surface area contributed by atoms with Gasteiger partial charge >= 0.3 is 0 Å². The van der Waals surface area contributed by atoms with E-state index < -0.39 is 50.8 Å². The Labute approximate surface area is 266 Å². The molecule has 0 bridgehead atoms. The SMILES string of the molecule is N[C@H]1CCCCCC=C[C@@H]2C[C@@]2(C(=O)NS(=O)(=O)C2CC2)NC(=O)[C@@H]2C[C@@H](Oc3nc4ncncc4c4ccccc34)CN2C1=O. The first-order chi connectivity index (χ1) is 22.2. The first-order valence-corrected chi connectivity index (χ1v) is 17.5. The molecule has 0 radical (unpaired) electrons. The summed E-state index contributed by atoms with van der Waals surface area (Å²) in [5.74, 6) is -1.72. The third kappa shape index (κ3) is 5.79. The van der Waals surface area contributed by atoms with E-state index in [1.54, 1.807) is 6.20 Å². The van der Waals surface area contributed by atoms with Crippen molar-refractivity contribution in [2.24, 2.45) is 11.7 Å². The van der Waals surface area contributed by atoms with Crippen molar-refractivity contribution in [1.29, 1.82) is 0 Å². The average Bonchev–Trinajstić information content (AvgIpc) is 3.97. The molecule has 3 aromatic rings. The van der Waals surface area contributed by atoms with Gasteiger partial charge in [-0.3, -0.25) is 19.1 Å². The first kappa shape index (κ1) is 30.5. The van der Waals surface area contributed by atoms with Gasteiger partial charge in [0.25, 0.3) is 5.91 Å². The summed E-state index contributed by atoms with van der Waals surface area (Å²) in [5, 5.41) is 4.65. The van der Waals surface area contributed by atoms with Crippen LogP contribution in [-0.4, -0.2) is 81.5 Å². The van der Waals surface area contributed by atoms with Crippen LogP contribution in [0.2, 0.25) is 0 Å². The summed E-state index contributed by atoms with van der Waals surface area (Å²) in [5.41, 5.74) is 5.40. The number of rotatable bonds is 5. The van der Waals surface area contributed by atoms with E-state index in [-0.39, 0.29) is 31.2 Å². The summed E-state index contributed by atoms with van der Waals surface area (Å²) in [7, 11) is -3.83. The monoisotopic (exact) mass is 647 g/mol. The number of carbonyl (C=O) groups is 3. The van der Waals surface area contributed by atoms with E-state index in [0.29, 0.717) is 30.8 Å². The zero-order valence-electron chi connectivity index (χ0n) is 25.3. The van der Waals surface area contributed by atoms with Crippen LogP contribution in [0.1, 0.15) is 57.8 Å². The molecule has 3 amide bonds. The zero-order valence-corrected chi connectivity index (χ0v) is 26.1. The van der Waals surface area contributed by atoms with E-state index in [1.807, 2.05) is 36.4 Å². The van der Waals surface area contributed by atoms with Gasteiger partial charge in [-0.25, -0.2) is 18.4 Å². The molecule has 2 aliphatic heterocycles. The van der Waals surface area contributed by atoms with Crippen LogP contribution in [-0.2, 0) is 24.4 Å². The van der Waals surface area contributed by atoms with Crippen LogP contribution in [0.3, 0.4) is 0 Å². The Hall–Kier alpha value is -4.17. The molecule has 4 heterocycles. The van der Waals surface area contributed by atoms with Gasteiger partial charge in [0.15, 0.2) is 5.65 Å². The minimum atomic E-state index is -3.83. The molecule has 5 atom stereocenters. The lowest BCUT2D eigenvalue weighted by Gasteiger charge is -2.28. The highest BCUT2D eigenvalue weighted by Gasteiger charge is 2.62. The lowest BCUT2D eigenvalue weighted by molar-refractivity contribution is -0.140. The van der Waals surface area contributed by atoms with Gasteiger partial charge in [0.2, 0.25) is 27.7 Å². The summed E-state index contributed by atoms with van der Waals surface area (Å²) < 4.78 is 34.0. The molecule has 242 valence electrons. The standard InChI is InChI=1S/C32H37N7O6S/c33-25-11-5-3-1-2-4-8-19-15-32(19,31(42)38-46(43,44)21-12-13-21)37-28(40)26-14-20(17-39(26)30(25)41)45-29-23-10-7-6-9-22(23)24-16-34-18-35-27(24)36-29/h4,6-10,16,18-21,25-26H,1-3,5,11-15,17,33H2,(H,37,40)(H,38,42)/t19-,20-,25+,26+,32-/m1/s1. The molecule has 7 rings (SSSR count). The number of nitrogens with two attached hydrogens (primary N) is 1. The third-order valence-corrected chi connectivity index (χ3v) is 11.3. The molecule has 14 heteroatoms. The molecule has 1 saturated heterocycles. The van der Waals surface area contributed by atoms with Gasteiger partial charge in [0, 0.05) is 29.3 Å². The van der Waals surface area contributed by atoms with Crippen LogP contribution >= 0.6 is 0 Å². The number of amides is 3. The van der Waals surface area contributed by atoms with Gasteiger partial charge < -0.3 is 20.7 Å². The number of hydrogen-bond donors (Lipinski definition) is 3. The summed E-state index contributed by atoms with van der Waals surface area (Å²) in [6.45, 7) is 0.0844. The number of fused-ring (bicyclic) bond motifs is 5. The Morgan fingerprint density at radius 2 is 1.89 bits per heavy atom. The fourth-order valence-electron chi connectivity index (χ4n) is 6.65. The number of allylic oxidation sites excluding steroid dienone is 1. The molecule has 2 aromatic heterocycles. The fourth-order valence-corrected chi connectivity index (χ4v) is 8.02. The van der Waals surface area contributed by atoms with Gasteiger partial charge in [-0.15, -0.1) is 0 Å². The molecule has 0 spiro atoms. The second kappa shape index (κ2) is 11.9. The van der Waals surface area contributed by atoms with Crippen molar-refractivity contribution in [3.63, 3.8) is 0 Å². The van der Waals surface area contributed by atoms with E-state index in [4.69, 9.17) is 10.5 Å². The van der Waals surface area contributed by atoms with Crippen LogP contribution < -0.4 is 20.5 Å². The molecule has 1 aromatic carbocycles. The highest BCUT2D eigenvalue weighted by molar-refractivity contribution is 7.91. The van der Waals surface area contributed by atoms with E-state index in [2.05, 4.69) is 25.0 Å². The van der Waals surface area contributed by atoms with Crippen LogP contribution in [0.4, 0.5) is 0 Å². The number of aromatic nitrogens is 3. The second-order valence-corrected chi connectivity index (χ2v) is 14.8. The van der Waals surface area contributed by atoms with E-state index in [0.717, 1.165) is 41.8 Å². The number of ether oxygens (including phenoxy) is 1. The summed E-state index contributed by atoms with van der Waals surface area (Å²) >= 11 is 0. The van der Waals surface area contributed by atoms with Crippen molar-refractivity contribution in [2.45, 2.75) is 86.8 Å². The van der Waals surface area contributed by atoms with Crippen molar-refractivity contribution < 1.29 is 27.5 Å². The second-order valence-electron chi connectivity index (χ2n) is 12.8. The Balaban J connectivity index is 1.18. The molecule has 2 saturated carbocycles. The number of benzene rings is 1. The minimum absolute atomic E-state index is 0.0844. The van der Waals surface area contributed by atoms with Crippen LogP contribution in [0.15, 0.2) is 48.9 Å². The summed E-state index contributed by atoms with van der Waals surface area (Å²) in [6, 6.07) is 5.79. The summed E-state index contributed by atoms with van der Waals surface area (Å²) in [4.78, 5) is 55.8. The third-order valence-electron chi connectivity index (χ3n) is 9.51. The van der Waals surface area contributed by atoms with Crippen molar-refractivity contribution in [3.05, 3.63) is 48.9 Å². The average molecular weight is 648 g/mol. The van der Waals surface area contributed by atoms with Crippen molar-refractivity contribution >= 4 is 49.6 Å². The number of nitrogens with zero attached hydrogens (tertiary/aromatic N) is 4. The molecule has 4 N–H and O–H groups in total. The normalized spacial score (nSPS) is 28.9. The van der Waals surface area contributed by atoms with Gasteiger partial charge in [-0.05, 0) is 50.0 Å². The zero-order chi connectivity index (χ0) is 32.1. The maximum atomic E-state index is 14.0. The predicted octanol–water partition coefficient (Wildman–Crippen LogP) is 1.86. The van der Waals surface area contributed by atoms with Crippen molar-refractivity contribution in [3.8, 4) is 5.88 Å². The number of nitrogens with one attached hydrogen (secondary N) is 2. The topological polar surface area (TPSA) is 187 Å². The Morgan fingerprint density at radius 3 is 2.70 bits per heavy atom.